The van der Waals surface area contributed by atoms with E-state index in [0.717, 1.165) is 23.3 Å². The Kier molecular flexibility index (Phi) is 4.61. The second kappa shape index (κ2) is 6.64. The Bertz CT molecular complexity index is 492. The van der Waals surface area contributed by atoms with E-state index in [-0.39, 0.29) is 6.61 Å². The third kappa shape index (κ3) is 4.17. The minimum Gasteiger partial charge on any atom is -0.443 e. The summed E-state index contributed by atoms with van der Waals surface area (Å²) in [7, 11) is 0. The van der Waals surface area contributed by atoms with Gasteiger partial charge in [-0.15, -0.1) is 0 Å². The van der Waals surface area contributed by atoms with E-state index in [1.165, 1.54) is 0 Å². The summed E-state index contributed by atoms with van der Waals surface area (Å²) in [6.07, 6.45) is 6.45. The Morgan fingerprint density at radius 2 is 2.11 bits per heavy atom. The van der Waals surface area contributed by atoms with Crippen molar-refractivity contribution >= 4 is 6.09 Å². The smallest absolute Gasteiger partial charge is 0.426 e. The first-order chi connectivity index (χ1) is 9.25. The van der Waals surface area contributed by atoms with E-state index in [1.54, 1.807) is 0 Å². The molecule has 0 spiro atoms. The van der Waals surface area contributed by atoms with Crippen molar-refractivity contribution in [2.45, 2.75) is 20.0 Å². The Labute approximate surface area is 113 Å². The van der Waals surface area contributed by atoms with Gasteiger partial charge in [0.2, 0.25) is 0 Å². The highest BCUT2D eigenvalue weighted by atomic mass is 16.6. The predicted octanol–water partition coefficient (Wildman–Crippen LogP) is 2.86. The van der Waals surface area contributed by atoms with Crippen molar-refractivity contribution in [1.82, 2.24) is 10.9 Å². The molecule has 0 heterocycles. The predicted molar refractivity (Wildman–Crippen MR) is 73.7 cm³/mol. The van der Waals surface area contributed by atoms with Crippen LogP contribution in [0.2, 0.25) is 0 Å². The van der Waals surface area contributed by atoms with Crippen molar-refractivity contribution in [3.05, 3.63) is 65.7 Å². The molecule has 4 heteroatoms. The molecule has 1 aliphatic carbocycles. The van der Waals surface area contributed by atoms with Gasteiger partial charge in [-0.05, 0) is 24.5 Å². The quantitative estimate of drug-likeness (QED) is 0.815. The molecular formula is C15H17N2O2. The molecule has 0 fully saturated rings. The van der Waals surface area contributed by atoms with Crippen LogP contribution in [0, 0.1) is 6.42 Å². The summed E-state index contributed by atoms with van der Waals surface area (Å²) in [5.74, 6) is 0. The first-order valence-electron chi connectivity index (χ1n) is 6.19. The minimum atomic E-state index is -0.493. The number of ether oxygens (including phenoxy) is 1. The maximum absolute atomic E-state index is 11.5. The van der Waals surface area contributed by atoms with Gasteiger partial charge in [-0.2, -0.15) is 0 Å². The van der Waals surface area contributed by atoms with E-state index in [1.807, 2.05) is 49.8 Å². The van der Waals surface area contributed by atoms with Crippen LogP contribution in [0.3, 0.4) is 0 Å². The lowest BCUT2D eigenvalue weighted by Crippen LogP contribution is -2.37. The highest BCUT2D eigenvalue weighted by Gasteiger charge is 2.07. The van der Waals surface area contributed by atoms with Gasteiger partial charge in [0.1, 0.15) is 6.61 Å². The Morgan fingerprint density at radius 1 is 1.32 bits per heavy atom. The number of hydrazine groups is 1. The Hall–Kier alpha value is -2.23. The number of hydrogen-bond donors (Lipinski definition) is 2. The Balaban J connectivity index is 1.75. The van der Waals surface area contributed by atoms with Gasteiger partial charge >= 0.3 is 6.09 Å². The minimum absolute atomic E-state index is 0.260. The van der Waals surface area contributed by atoms with Gasteiger partial charge < -0.3 is 4.74 Å². The largest absolute Gasteiger partial charge is 0.443 e. The van der Waals surface area contributed by atoms with Gasteiger partial charge in [-0.1, -0.05) is 42.5 Å². The van der Waals surface area contributed by atoms with Gasteiger partial charge in [0.25, 0.3) is 0 Å². The maximum Gasteiger partial charge on any atom is 0.426 e. The summed E-state index contributed by atoms with van der Waals surface area (Å²) in [5.41, 5.74) is 8.31. The van der Waals surface area contributed by atoms with E-state index in [4.69, 9.17) is 4.74 Å². The number of rotatable bonds is 4. The zero-order valence-corrected chi connectivity index (χ0v) is 10.8. The molecule has 0 saturated heterocycles. The van der Waals surface area contributed by atoms with Crippen molar-refractivity contribution in [2.75, 3.05) is 0 Å². The molecule has 4 nitrogen and oxygen atoms in total. The summed E-state index contributed by atoms with van der Waals surface area (Å²) in [5, 5.41) is 0. The molecule has 1 aliphatic rings. The second-order valence-electron chi connectivity index (χ2n) is 4.25. The highest BCUT2D eigenvalue weighted by molar-refractivity contribution is 5.66. The van der Waals surface area contributed by atoms with Gasteiger partial charge in [-0.25, -0.2) is 10.2 Å². The zero-order chi connectivity index (χ0) is 13.5. The fourth-order valence-electron chi connectivity index (χ4n) is 1.71. The van der Waals surface area contributed by atoms with Crippen LogP contribution in [0.4, 0.5) is 4.79 Å². The van der Waals surface area contributed by atoms with Crippen molar-refractivity contribution in [3.8, 4) is 0 Å². The number of amides is 1. The highest BCUT2D eigenvalue weighted by Crippen LogP contribution is 2.13. The van der Waals surface area contributed by atoms with E-state index in [0.29, 0.717) is 0 Å². The lowest BCUT2D eigenvalue weighted by molar-refractivity contribution is 0.136. The lowest BCUT2D eigenvalue weighted by atomic mass is 10.1. The number of carbonyl (C=O) groups excluding carboxylic acids is 1. The van der Waals surface area contributed by atoms with Crippen molar-refractivity contribution in [1.29, 1.82) is 0 Å². The van der Waals surface area contributed by atoms with Gasteiger partial charge in [0, 0.05) is 12.1 Å². The lowest BCUT2D eigenvalue weighted by Gasteiger charge is -2.16. The van der Waals surface area contributed by atoms with Crippen LogP contribution in [0.15, 0.2) is 53.8 Å². The first kappa shape index (κ1) is 13.2. The molecule has 2 rings (SSSR count). The molecule has 1 radical (unpaired) electrons. The SMILES string of the molecule is CC1=C(NNC(=O)OCc2ccccc2)[CH]CC=C1. The maximum atomic E-state index is 11.5. The number of allylic oxidation sites excluding steroid dienone is 4. The second-order valence-corrected chi connectivity index (χ2v) is 4.25. The molecule has 1 amide bonds. The van der Waals surface area contributed by atoms with E-state index in [2.05, 4.69) is 16.9 Å². The molecule has 0 atom stereocenters. The topological polar surface area (TPSA) is 50.4 Å². The van der Waals surface area contributed by atoms with Gasteiger partial charge in [0.05, 0.1) is 0 Å². The summed E-state index contributed by atoms with van der Waals surface area (Å²) in [6, 6.07) is 9.56. The average Bonchev–Trinajstić information content (AvgIpc) is 2.45. The molecular weight excluding hydrogens is 240 g/mol. The summed E-state index contributed by atoms with van der Waals surface area (Å²) < 4.78 is 5.09. The van der Waals surface area contributed by atoms with Gasteiger partial charge in [0.15, 0.2) is 0 Å². The molecule has 19 heavy (non-hydrogen) atoms. The fourth-order valence-corrected chi connectivity index (χ4v) is 1.71. The molecule has 99 valence electrons. The third-order valence-electron chi connectivity index (χ3n) is 2.76. The van der Waals surface area contributed by atoms with Crippen LogP contribution in [0.1, 0.15) is 18.9 Å². The van der Waals surface area contributed by atoms with E-state index < -0.39 is 6.09 Å². The normalized spacial score (nSPS) is 14.2. The summed E-state index contributed by atoms with van der Waals surface area (Å²) in [6.45, 7) is 2.24. The molecule has 0 bridgehead atoms. The van der Waals surface area contributed by atoms with Gasteiger partial charge in [-0.3, -0.25) is 5.43 Å². The van der Waals surface area contributed by atoms with Crippen LogP contribution in [0.5, 0.6) is 0 Å². The van der Waals surface area contributed by atoms with Crippen molar-refractivity contribution in [3.63, 3.8) is 0 Å². The molecule has 0 aromatic heterocycles. The molecule has 0 unspecified atom stereocenters. The van der Waals surface area contributed by atoms with Crippen LogP contribution >= 0.6 is 0 Å². The molecule has 2 N–H and O–H groups in total. The van der Waals surface area contributed by atoms with Crippen LogP contribution < -0.4 is 10.9 Å². The molecule has 0 aliphatic heterocycles. The van der Waals surface area contributed by atoms with Crippen molar-refractivity contribution in [2.24, 2.45) is 0 Å². The molecule has 0 saturated carbocycles. The van der Waals surface area contributed by atoms with E-state index >= 15 is 0 Å². The van der Waals surface area contributed by atoms with Crippen LogP contribution in [0.25, 0.3) is 0 Å². The average molecular weight is 257 g/mol. The number of hydrogen-bond acceptors (Lipinski definition) is 3. The molecule has 1 aromatic rings. The van der Waals surface area contributed by atoms with Crippen LogP contribution in [-0.4, -0.2) is 6.09 Å². The standard InChI is InChI=1S/C15H17N2O2/c1-12-7-5-6-10-14(12)16-17-15(18)19-11-13-8-3-2-4-9-13/h2-5,7-10,16H,6,11H2,1H3,(H,17,18). The summed E-state index contributed by atoms with van der Waals surface area (Å²) >= 11 is 0. The monoisotopic (exact) mass is 257 g/mol. The summed E-state index contributed by atoms with van der Waals surface area (Å²) in [4.78, 5) is 11.5. The Morgan fingerprint density at radius 3 is 2.84 bits per heavy atom. The first-order valence-corrected chi connectivity index (χ1v) is 6.19. The number of nitrogens with one attached hydrogen (secondary N) is 2. The number of benzene rings is 1. The number of carbonyl (C=O) groups is 1. The van der Waals surface area contributed by atoms with Crippen molar-refractivity contribution < 1.29 is 9.53 Å². The zero-order valence-electron chi connectivity index (χ0n) is 10.8. The molecule has 1 aromatic carbocycles. The third-order valence-corrected chi connectivity index (χ3v) is 2.76. The fraction of sp³-hybridized carbons (Fsp3) is 0.200. The van der Waals surface area contributed by atoms with E-state index in [9.17, 15) is 4.79 Å². The van der Waals surface area contributed by atoms with Crippen LogP contribution in [-0.2, 0) is 11.3 Å².